The first-order chi connectivity index (χ1) is 16.5. The standard InChI is InChI=1S/2C12H15FN2O2/c2*13-10-6-14-7-11(10)15-12(16)17-8-9-4-2-1-3-5-9/h2*1-5,10-11,14H,6-8H2,(H,15,16)/t2*10-,11-/m10/s1. The van der Waals surface area contributed by atoms with Gasteiger partial charge in [-0.05, 0) is 11.1 Å². The Kier molecular flexibility index (Phi) is 10.1. The van der Waals surface area contributed by atoms with Gasteiger partial charge in [0.1, 0.15) is 25.6 Å². The maximum Gasteiger partial charge on any atom is 0.407 e. The number of hydrogen-bond donors (Lipinski definition) is 4. The Hall–Kier alpha value is -3.24. The van der Waals surface area contributed by atoms with Crippen molar-refractivity contribution in [3.63, 3.8) is 0 Å². The van der Waals surface area contributed by atoms with Crippen molar-refractivity contribution in [1.29, 1.82) is 0 Å². The Morgan fingerprint density at radius 1 is 0.706 bits per heavy atom. The summed E-state index contributed by atoms with van der Waals surface area (Å²) in [5.74, 6) is 0. The van der Waals surface area contributed by atoms with Crippen LogP contribution in [0.3, 0.4) is 0 Å². The van der Waals surface area contributed by atoms with Crippen LogP contribution in [0.5, 0.6) is 0 Å². The van der Waals surface area contributed by atoms with E-state index in [9.17, 15) is 18.4 Å². The Morgan fingerprint density at radius 3 is 1.41 bits per heavy atom. The van der Waals surface area contributed by atoms with Gasteiger partial charge in [-0.2, -0.15) is 0 Å². The average Bonchev–Trinajstić information content (AvgIpc) is 3.45. The zero-order chi connectivity index (χ0) is 24.2. The number of benzene rings is 2. The number of alkyl halides is 2. The average molecular weight is 477 g/mol. The molecule has 0 aromatic heterocycles. The van der Waals surface area contributed by atoms with Gasteiger partial charge in [0.15, 0.2) is 0 Å². The molecule has 2 aliphatic rings. The summed E-state index contributed by atoms with van der Waals surface area (Å²) in [5.41, 5.74) is 1.81. The SMILES string of the molecule is O=C(N[C@@H]1CNC[C@H]1F)OCc1ccccc1.O=C(N[C@H]1CNC[C@@H]1F)OCc1ccccc1. The monoisotopic (exact) mass is 476 g/mol. The van der Waals surface area contributed by atoms with Crippen LogP contribution >= 0.6 is 0 Å². The molecular formula is C24H30F2N4O4. The van der Waals surface area contributed by atoms with E-state index in [4.69, 9.17) is 9.47 Å². The molecule has 2 amide bonds. The lowest BCUT2D eigenvalue weighted by molar-refractivity contribution is 0.131. The molecular weight excluding hydrogens is 446 g/mol. The van der Waals surface area contributed by atoms with Crippen LogP contribution in [0.25, 0.3) is 0 Å². The highest BCUT2D eigenvalue weighted by Gasteiger charge is 2.29. The second-order valence-corrected chi connectivity index (χ2v) is 7.97. The van der Waals surface area contributed by atoms with Crippen LogP contribution in [0.15, 0.2) is 60.7 Å². The lowest BCUT2D eigenvalue weighted by Gasteiger charge is -2.13. The van der Waals surface area contributed by atoms with Crippen molar-refractivity contribution >= 4 is 12.2 Å². The fraction of sp³-hybridized carbons (Fsp3) is 0.417. The van der Waals surface area contributed by atoms with Gasteiger partial charge in [-0.3, -0.25) is 0 Å². The van der Waals surface area contributed by atoms with Crippen LogP contribution < -0.4 is 21.3 Å². The van der Waals surface area contributed by atoms with Crippen molar-refractivity contribution < 1.29 is 27.8 Å². The molecule has 0 saturated carbocycles. The Balaban J connectivity index is 0.000000191. The molecule has 2 aliphatic heterocycles. The minimum absolute atomic E-state index is 0.198. The molecule has 184 valence electrons. The highest BCUT2D eigenvalue weighted by Crippen LogP contribution is 2.07. The summed E-state index contributed by atoms with van der Waals surface area (Å²) in [4.78, 5) is 22.8. The van der Waals surface area contributed by atoms with Crippen LogP contribution in [0.4, 0.5) is 18.4 Å². The van der Waals surface area contributed by atoms with E-state index < -0.39 is 36.6 Å². The lowest BCUT2D eigenvalue weighted by Crippen LogP contribution is -2.41. The molecule has 0 bridgehead atoms. The predicted molar refractivity (Wildman–Crippen MR) is 123 cm³/mol. The zero-order valence-electron chi connectivity index (χ0n) is 18.7. The Morgan fingerprint density at radius 2 is 1.09 bits per heavy atom. The van der Waals surface area contributed by atoms with E-state index in [1.165, 1.54) is 0 Å². The Bertz CT molecular complexity index is 818. The van der Waals surface area contributed by atoms with Gasteiger partial charge in [0.2, 0.25) is 0 Å². The number of carbonyl (C=O) groups is 2. The van der Waals surface area contributed by atoms with Gasteiger partial charge in [0, 0.05) is 26.2 Å². The molecule has 8 nitrogen and oxygen atoms in total. The first-order valence-corrected chi connectivity index (χ1v) is 11.1. The largest absolute Gasteiger partial charge is 0.445 e. The summed E-state index contributed by atoms with van der Waals surface area (Å²) in [6.07, 6.45) is -3.24. The number of carbonyl (C=O) groups excluding carboxylic acids is 2. The molecule has 0 radical (unpaired) electrons. The first-order valence-electron chi connectivity index (χ1n) is 11.1. The van der Waals surface area contributed by atoms with E-state index >= 15 is 0 Å². The number of hydrogen-bond acceptors (Lipinski definition) is 6. The minimum atomic E-state index is -1.04. The Labute approximate surface area is 197 Å². The van der Waals surface area contributed by atoms with E-state index in [1.54, 1.807) is 0 Å². The smallest absolute Gasteiger partial charge is 0.407 e. The number of alkyl carbamates (subject to hydrolysis) is 2. The summed E-state index contributed by atoms with van der Waals surface area (Å²) in [7, 11) is 0. The quantitative estimate of drug-likeness (QED) is 0.511. The summed E-state index contributed by atoms with van der Waals surface area (Å²) in [5, 5.41) is 10.7. The van der Waals surface area contributed by atoms with Gasteiger partial charge in [0.05, 0.1) is 12.1 Å². The van der Waals surface area contributed by atoms with E-state index in [1.807, 2.05) is 60.7 Å². The summed E-state index contributed by atoms with van der Waals surface area (Å²) >= 11 is 0. The molecule has 0 spiro atoms. The molecule has 4 rings (SSSR count). The molecule has 4 N–H and O–H groups in total. The van der Waals surface area contributed by atoms with Crippen LogP contribution in [-0.4, -0.2) is 62.8 Å². The molecule has 2 heterocycles. The first kappa shape index (κ1) is 25.4. The molecule has 0 unspecified atom stereocenters. The second kappa shape index (κ2) is 13.5. The van der Waals surface area contributed by atoms with Crippen LogP contribution in [0, 0.1) is 0 Å². The third kappa shape index (κ3) is 8.60. The lowest BCUT2D eigenvalue weighted by atomic mass is 10.2. The summed E-state index contributed by atoms with van der Waals surface area (Å²) in [6, 6.07) is 17.7. The summed E-state index contributed by atoms with van der Waals surface area (Å²) < 4.78 is 36.3. The maximum atomic E-state index is 13.2. The van der Waals surface area contributed by atoms with Crippen molar-refractivity contribution in [2.75, 3.05) is 26.2 Å². The molecule has 2 fully saturated rings. The molecule has 2 aromatic carbocycles. The minimum Gasteiger partial charge on any atom is -0.445 e. The van der Waals surface area contributed by atoms with Crippen LogP contribution in [0.1, 0.15) is 11.1 Å². The van der Waals surface area contributed by atoms with Crippen molar-refractivity contribution in [2.24, 2.45) is 0 Å². The number of nitrogens with one attached hydrogen (secondary N) is 4. The molecule has 34 heavy (non-hydrogen) atoms. The van der Waals surface area contributed by atoms with Crippen LogP contribution in [0.2, 0.25) is 0 Å². The highest BCUT2D eigenvalue weighted by molar-refractivity contribution is 5.68. The fourth-order valence-electron chi connectivity index (χ4n) is 3.41. The highest BCUT2D eigenvalue weighted by atomic mass is 19.1. The van der Waals surface area contributed by atoms with Crippen molar-refractivity contribution in [3.05, 3.63) is 71.8 Å². The van der Waals surface area contributed by atoms with Crippen molar-refractivity contribution in [1.82, 2.24) is 21.3 Å². The molecule has 4 atom stereocenters. The van der Waals surface area contributed by atoms with Gasteiger partial charge in [-0.25, -0.2) is 18.4 Å². The van der Waals surface area contributed by atoms with E-state index in [0.717, 1.165) is 11.1 Å². The van der Waals surface area contributed by atoms with Gasteiger partial charge in [-0.15, -0.1) is 0 Å². The number of halogens is 2. The number of amides is 2. The second-order valence-electron chi connectivity index (χ2n) is 7.97. The van der Waals surface area contributed by atoms with Crippen molar-refractivity contribution in [2.45, 2.75) is 37.6 Å². The van der Waals surface area contributed by atoms with Crippen molar-refractivity contribution in [3.8, 4) is 0 Å². The molecule has 2 aromatic rings. The van der Waals surface area contributed by atoms with Crippen LogP contribution in [-0.2, 0) is 22.7 Å². The third-order valence-corrected chi connectivity index (χ3v) is 5.31. The third-order valence-electron chi connectivity index (χ3n) is 5.31. The van der Waals surface area contributed by atoms with Gasteiger partial charge in [-0.1, -0.05) is 60.7 Å². The van der Waals surface area contributed by atoms with E-state index in [2.05, 4.69) is 21.3 Å². The number of rotatable bonds is 6. The summed E-state index contributed by atoms with van der Waals surface area (Å²) in [6.45, 7) is 1.85. The molecule has 0 aliphatic carbocycles. The topological polar surface area (TPSA) is 101 Å². The molecule has 2 saturated heterocycles. The van der Waals surface area contributed by atoms with E-state index in [0.29, 0.717) is 13.1 Å². The maximum absolute atomic E-state index is 13.2. The molecule has 10 heteroatoms. The predicted octanol–water partition coefficient (Wildman–Crippen LogP) is 2.45. The number of ether oxygens (including phenoxy) is 2. The fourth-order valence-corrected chi connectivity index (χ4v) is 3.41. The van der Waals surface area contributed by atoms with Gasteiger partial charge in [0.25, 0.3) is 0 Å². The van der Waals surface area contributed by atoms with Gasteiger partial charge < -0.3 is 30.7 Å². The normalized spacial score (nSPS) is 23.4. The zero-order valence-corrected chi connectivity index (χ0v) is 18.7. The van der Waals surface area contributed by atoms with E-state index in [-0.39, 0.29) is 26.3 Å². The van der Waals surface area contributed by atoms with Gasteiger partial charge >= 0.3 is 12.2 Å².